The van der Waals surface area contributed by atoms with Crippen LogP contribution in [-0.2, 0) is 7.05 Å². The van der Waals surface area contributed by atoms with E-state index in [1.165, 1.54) is 12.1 Å². The lowest BCUT2D eigenvalue weighted by Gasteiger charge is -2.27. The van der Waals surface area contributed by atoms with E-state index in [0.717, 1.165) is 22.5 Å². The fourth-order valence-electron chi connectivity index (χ4n) is 3.69. The Morgan fingerprint density at radius 3 is 2.60 bits per heavy atom. The zero-order chi connectivity index (χ0) is 21.4. The van der Waals surface area contributed by atoms with Crippen molar-refractivity contribution in [2.24, 2.45) is 7.05 Å². The van der Waals surface area contributed by atoms with Gasteiger partial charge in [-0.3, -0.25) is 9.48 Å². The highest BCUT2D eigenvalue weighted by Crippen LogP contribution is 2.26. The highest BCUT2D eigenvalue weighted by Gasteiger charge is 2.24. The second kappa shape index (κ2) is 7.70. The predicted octanol–water partition coefficient (Wildman–Crippen LogP) is 3.80. The summed E-state index contributed by atoms with van der Waals surface area (Å²) in [7, 11) is 3.62. The van der Waals surface area contributed by atoms with Crippen molar-refractivity contribution < 1.29 is 9.18 Å². The highest BCUT2D eigenvalue weighted by molar-refractivity contribution is 5.93. The quantitative estimate of drug-likeness (QED) is 0.506. The number of hydrogen-bond donors (Lipinski definition) is 0. The van der Waals surface area contributed by atoms with Gasteiger partial charge < -0.3 is 4.90 Å². The zero-order valence-electron chi connectivity index (χ0n) is 17.4. The Balaban J connectivity index is 1.70. The first-order chi connectivity index (χ1) is 14.4. The Hall–Kier alpha value is -3.55. The average molecular weight is 406 g/mol. The van der Waals surface area contributed by atoms with Crippen LogP contribution in [0.5, 0.6) is 0 Å². The van der Waals surface area contributed by atoms with E-state index in [4.69, 9.17) is 0 Å². The monoisotopic (exact) mass is 406 g/mol. The molecule has 1 unspecified atom stereocenters. The Morgan fingerprint density at radius 2 is 1.97 bits per heavy atom. The summed E-state index contributed by atoms with van der Waals surface area (Å²) in [5.74, 6) is -0.516. The number of rotatable bonds is 5. The molecule has 0 bridgehead atoms. The molecule has 1 amide bonds. The number of carbonyl (C=O) groups excluding carboxylic acids is 1. The number of nitrogens with zero attached hydrogens (tertiary/aromatic N) is 6. The van der Waals surface area contributed by atoms with Crippen LogP contribution in [0.1, 0.15) is 41.1 Å². The molecule has 0 fully saturated rings. The van der Waals surface area contributed by atoms with E-state index in [1.807, 2.05) is 27.0 Å². The molecule has 0 saturated carbocycles. The normalized spacial score (nSPS) is 12.3. The van der Waals surface area contributed by atoms with Crippen molar-refractivity contribution in [3.63, 3.8) is 0 Å². The fourth-order valence-corrected chi connectivity index (χ4v) is 3.69. The van der Waals surface area contributed by atoms with Crippen LogP contribution >= 0.6 is 0 Å². The van der Waals surface area contributed by atoms with E-state index in [9.17, 15) is 9.18 Å². The summed E-state index contributed by atoms with van der Waals surface area (Å²) in [6, 6.07) is 9.60. The first-order valence-corrected chi connectivity index (χ1v) is 9.77. The van der Waals surface area contributed by atoms with Crippen LogP contribution in [0.2, 0.25) is 0 Å². The van der Waals surface area contributed by atoms with E-state index < -0.39 is 0 Å². The van der Waals surface area contributed by atoms with Gasteiger partial charge in [-0.25, -0.2) is 13.9 Å². The van der Waals surface area contributed by atoms with Gasteiger partial charge in [0.2, 0.25) is 0 Å². The van der Waals surface area contributed by atoms with Gasteiger partial charge in [-0.15, -0.1) is 0 Å². The molecule has 7 nitrogen and oxygen atoms in total. The smallest absolute Gasteiger partial charge is 0.274 e. The van der Waals surface area contributed by atoms with Gasteiger partial charge in [0.05, 0.1) is 17.9 Å². The maximum Gasteiger partial charge on any atom is 0.274 e. The van der Waals surface area contributed by atoms with Gasteiger partial charge in [0, 0.05) is 37.6 Å². The molecule has 30 heavy (non-hydrogen) atoms. The van der Waals surface area contributed by atoms with Crippen LogP contribution in [0.15, 0.2) is 48.8 Å². The Bertz CT molecular complexity index is 1210. The number of carbonyl (C=O) groups is 1. The summed E-state index contributed by atoms with van der Waals surface area (Å²) in [4.78, 5) is 19.2. The number of halogens is 1. The number of fused-ring (bicyclic) bond motifs is 1. The summed E-state index contributed by atoms with van der Waals surface area (Å²) >= 11 is 0. The second-order valence-electron chi connectivity index (χ2n) is 7.29. The van der Waals surface area contributed by atoms with Crippen molar-refractivity contribution in [2.75, 3.05) is 7.05 Å². The van der Waals surface area contributed by atoms with Crippen molar-refractivity contribution in [1.82, 2.24) is 29.3 Å². The Labute approximate surface area is 173 Å². The minimum Gasteiger partial charge on any atom is -0.333 e. The molecule has 8 heteroatoms. The summed E-state index contributed by atoms with van der Waals surface area (Å²) in [6.45, 7) is 3.97. The molecule has 0 aliphatic rings. The van der Waals surface area contributed by atoms with E-state index in [0.29, 0.717) is 17.8 Å². The summed E-state index contributed by atoms with van der Waals surface area (Å²) < 4.78 is 16.8. The van der Waals surface area contributed by atoms with E-state index in [2.05, 4.69) is 15.2 Å². The second-order valence-corrected chi connectivity index (χ2v) is 7.29. The Kier molecular flexibility index (Phi) is 5.07. The van der Waals surface area contributed by atoms with Crippen molar-refractivity contribution >= 4 is 11.6 Å². The summed E-state index contributed by atoms with van der Waals surface area (Å²) in [5, 5.41) is 8.85. The largest absolute Gasteiger partial charge is 0.333 e. The van der Waals surface area contributed by atoms with Crippen LogP contribution < -0.4 is 0 Å². The van der Waals surface area contributed by atoms with Gasteiger partial charge in [0.15, 0.2) is 11.3 Å². The topological polar surface area (TPSA) is 68.3 Å². The molecule has 0 aliphatic heterocycles. The maximum absolute atomic E-state index is 13.3. The lowest BCUT2D eigenvalue weighted by atomic mass is 10.0. The van der Waals surface area contributed by atoms with Gasteiger partial charge in [0.25, 0.3) is 5.91 Å². The van der Waals surface area contributed by atoms with Crippen LogP contribution in [0.4, 0.5) is 4.39 Å². The number of benzene rings is 1. The molecular weight excluding hydrogens is 383 g/mol. The maximum atomic E-state index is 13.3. The van der Waals surface area contributed by atoms with Crippen LogP contribution in [0, 0.1) is 12.7 Å². The SMILES string of the molecule is CCC(c1ccc(F)cc1)N(C)C(=O)c1cc2nccc(-c3cnn(C)c3C)n2n1. The molecular formula is C22H23FN6O. The molecule has 1 atom stereocenters. The third-order valence-corrected chi connectivity index (χ3v) is 5.52. The molecule has 3 aromatic heterocycles. The minimum atomic E-state index is -0.299. The third-order valence-electron chi connectivity index (χ3n) is 5.52. The lowest BCUT2D eigenvalue weighted by Crippen LogP contribution is -2.31. The molecule has 4 rings (SSSR count). The molecule has 0 aliphatic carbocycles. The first-order valence-electron chi connectivity index (χ1n) is 9.77. The third kappa shape index (κ3) is 3.34. The zero-order valence-corrected chi connectivity index (χ0v) is 17.4. The molecule has 1 aromatic carbocycles. The number of amides is 1. The molecule has 0 N–H and O–H groups in total. The van der Waals surface area contributed by atoms with Crippen molar-refractivity contribution in [1.29, 1.82) is 0 Å². The summed E-state index contributed by atoms with van der Waals surface area (Å²) in [5.41, 5.74) is 4.51. The molecule has 0 saturated heterocycles. The van der Waals surface area contributed by atoms with E-state index in [1.54, 1.807) is 51.7 Å². The number of aryl methyl sites for hydroxylation is 1. The van der Waals surface area contributed by atoms with Gasteiger partial charge in [-0.2, -0.15) is 10.2 Å². The minimum absolute atomic E-state index is 0.184. The number of aromatic nitrogens is 5. The number of hydrogen-bond acceptors (Lipinski definition) is 4. The van der Waals surface area contributed by atoms with Gasteiger partial charge in [-0.05, 0) is 37.1 Å². The Morgan fingerprint density at radius 1 is 1.23 bits per heavy atom. The average Bonchev–Trinajstić information content (AvgIpc) is 3.33. The van der Waals surface area contributed by atoms with Gasteiger partial charge in [0.1, 0.15) is 5.82 Å². The van der Waals surface area contributed by atoms with E-state index >= 15 is 0 Å². The lowest BCUT2D eigenvalue weighted by molar-refractivity contribution is 0.0720. The molecule has 154 valence electrons. The van der Waals surface area contributed by atoms with Crippen molar-refractivity contribution in [2.45, 2.75) is 26.3 Å². The van der Waals surface area contributed by atoms with Crippen LogP contribution in [0.25, 0.3) is 16.9 Å². The van der Waals surface area contributed by atoms with Gasteiger partial charge in [-0.1, -0.05) is 19.1 Å². The summed E-state index contributed by atoms with van der Waals surface area (Å²) in [6.07, 6.45) is 4.17. The highest BCUT2D eigenvalue weighted by atomic mass is 19.1. The van der Waals surface area contributed by atoms with Crippen LogP contribution in [0.3, 0.4) is 0 Å². The molecule has 0 radical (unpaired) electrons. The van der Waals surface area contributed by atoms with Crippen LogP contribution in [-0.4, -0.2) is 42.2 Å². The molecule has 3 heterocycles. The molecule has 0 spiro atoms. The van der Waals surface area contributed by atoms with Crippen molar-refractivity contribution in [3.05, 3.63) is 71.6 Å². The standard InChI is InChI=1S/C22H23FN6O/c1-5-19(15-6-8-16(23)9-7-15)27(3)22(30)18-12-21-24-11-10-20(29(21)26-18)17-13-25-28(4)14(17)2/h6-13,19H,5H2,1-4H3. The van der Waals surface area contributed by atoms with Crippen molar-refractivity contribution in [3.8, 4) is 11.3 Å². The molecule has 4 aromatic rings. The van der Waals surface area contributed by atoms with Gasteiger partial charge >= 0.3 is 0 Å². The first kappa shape index (κ1) is 19.8. The van der Waals surface area contributed by atoms with E-state index in [-0.39, 0.29) is 17.8 Å². The fraction of sp³-hybridized carbons (Fsp3) is 0.273. The predicted molar refractivity (Wildman–Crippen MR) is 111 cm³/mol.